The van der Waals surface area contributed by atoms with Crippen molar-refractivity contribution in [3.05, 3.63) is 29.8 Å². The number of likely N-dealkylation sites (tertiary alicyclic amines) is 1. The zero-order chi connectivity index (χ0) is 21.6. The molecule has 1 saturated carbocycles. The van der Waals surface area contributed by atoms with Crippen LogP contribution >= 0.6 is 24.0 Å². The average molecular weight is 543 g/mol. The maximum absolute atomic E-state index is 12.8. The number of guanidine groups is 1. The molecule has 1 saturated heterocycles. The van der Waals surface area contributed by atoms with Gasteiger partial charge in [0.2, 0.25) is 5.91 Å². The number of hydrogen-bond donors (Lipinski definition) is 2. The Balaban J connectivity index is 0.00000341. The Morgan fingerprint density at radius 2 is 1.97 bits per heavy atom. The van der Waals surface area contributed by atoms with Gasteiger partial charge < -0.3 is 20.3 Å². The molecule has 1 heterocycles. The van der Waals surface area contributed by atoms with Crippen LogP contribution in [0.3, 0.4) is 0 Å². The van der Waals surface area contributed by atoms with Crippen LogP contribution in [0.25, 0.3) is 0 Å². The maximum Gasteiger partial charge on any atom is 0.225 e. The first-order valence-electron chi connectivity index (χ1n) is 11.3. The van der Waals surface area contributed by atoms with Gasteiger partial charge in [0, 0.05) is 44.1 Å². The number of aliphatic imine (C=N–C) groups is 1. The van der Waals surface area contributed by atoms with Gasteiger partial charge in [-0.3, -0.25) is 9.79 Å². The van der Waals surface area contributed by atoms with Crippen LogP contribution in [0.4, 0.5) is 0 Å². The van der Waals surface area contributed by atoms with Gasteiger partial charge in [0.25, 0.3) is 0 Å². The molecule has 0 radical (unpaired) electrons. The number of carbonyl (C=O) groups is 1. The normalized spacial score (nSPS) is 20.2. The highest BCUT2D eigenvalue weighted by Crippen LogP contribution is 2.27. The Kier molecular flexibility index (Phi) is 9.90. The summed E-state index contributed by atoms with van der Waals surface area (Å²) in [7, 11) is 3.49. The lowest BCUT2D eigenvalue weighted by Crippen LogP contribution is -2.48. The summed E-state index contributed by atoms with van der Waals surface area (Å²) in [5.41, 5.74) is 1.14. The standard InChI is InChI=1S/C24H38N4O2.HI/c1-24(2,19-11-8-12-21(15-19)30-4)17-26-23(25-3)27-20-13-14-28(16-20)22(29)18-9-6-5-7-10-18;/h8,11-12,15,18,20H,5-7,9-10,13-14,16-17H2,1-4H3,(H2,25,26,27);1H. The number of benzene rings is 1. The zero-order valence-electron chi connectivity index (χ0n) is 19.4. The van der Waals surface area contributed by atoms with E-state index in [4.69, 9.17) is 4.74 Å². The third-order valence-electron chi connectivity index (χ3n) is 6.57. The third-order valence-corrected chi connectivity index (χ3v) is 6.57. The molecule has 7 heteroatoms. The van der Waals surface area contributed by atoms with Crippen molar-refractivity contribution in [3.8, 4) is 5.75 Å². The van der Waals surface area contributed by atoms with Gasteiger partial charge in [0.1, 0.15) is 5.75 Å². The number of nitrogens with one attached hydrogen (secondary N) is 2. The lowest BCUT2D eigenvalue weighted by atomic mass is 9.84. The molecule has 2 aliphatic rings. The van der Waals surface area contributed by atoms with Gasteiger partial charge in [0.05, 0.1) is 7.11 Å². The SMILES string of the molecule is CN=C(NCC(C)(C)c1cccc(OC)c1)NC1CCN(C(=O)C2CCCCC2)C1.I. The second kappa shape index (κ2) is 11.9. The highest BCUT2D eigenvalue weighted by molar-refractivity contribution is 14.0. The Bertz CT molecular complexity index is 747. The number of methoxy groups -OCH3 is 1. The molecular formula is C24H39IN4O2. The van der Waals surface area contributed by atoms with Crippen molar-refractivity contribution in [3.63, 3.8) is 0 Å². The molecule has 3 rings (SSSR count). The molecule has 1 unspecified atom stereocenters. The molecule has 1 amide bonds. The first-order chi connectivity index (χ1) is 14.4. The van der Waals surface area contributed by atoms with Gasteiger partial charge in [-0.15, -0.1) is 24.0 Å². The van der Waals surface area contributed by atoms with E-state index in [0.29, 0.717) is 5.91 Å². The molecule has 0 aromatic heterocycles. The highest BCUT2D eigenvalue weighted by Gasteiger charge is 2.32. The molecule has 1 aromatic carbocycles. The number of ether oxygens (including phenoxy) is 1. The van der Waals surface area contributed by atoms with Crippen molar-refractivity contribution in [2.45, 2.75) is 63.8 Å². The summed E-state index contributed by atoms with van der Waals surface area (Å²) in [5.74, 6) is 2.28. The minimum atomic E-state index is -0.0786. The largest absolute Gasteiger partial charge is 0.497 e. The van der Waals surface area contributed by atoms with Crippen LogP contribution in [-0.4, -0.2) is 56.6 Å². The van der Waals surface area contributed by atoms with E-state index >= 15 is 0 Å². The van der Waals surface area contributed by atoms with Crippen LogP contribution in [-0.2, 0) is 10.2 Å². The smallest absolute Gasteiger partial charge is 0.225 e. The van der Waals surface area contributed by atoms with Crippen LogP contribution in [0.2, 0.25) is 0 Å². The number of amides is 1. The quantitative estimate of drug-likeness (QED) is 0.325. The van der Waals surface area contributed by atoms with Gasteiger partial charge in [-0.05, 0) is 37.0 Å². The zero-order valence-corrected chi connectivity index (χ0v) is 21.8. The van der Waals surface area contributed by atoms with Gasteiger partial charge >= 0.3 is 0 Å². The fourth-order valence-corrected chi connectivity index (χ4v) is 4.52. The Morgan fingerprint density at radius 1 is 1.23 bits per heavy atom. The lowest BCUT2D eigenvalue weighted by Gasteiger charge is -2.28. The van der Waals surface area contributed by atoms with E-state index < -0.39 is 0 Å². The Morgan fingerprint density at radius 3 is 2.65 bits per heavy atom. The molecule has 174 valence electrons. The summed E-state index contributed by atoms with van der Waals surface area (Å²) >= 11 is 0. The first-order valence-corrected chi connectivity index (χ1v) is 11.3. The number of halogens is 1. The minimum absolute atomic E-state index is 0. The maximum atomic E-state index is 12.8. The van der Waals surface area contributed by atoms with Crippen molar-refractivity contribution in [2.24, 2.45) is 10.9 Å². The molecule has 0 bridgehead atoms. The van der Waals surface area contributed by atoms with Crippen molar-refractivity contribution in [1.82, 2.24) is 15.5 Å². The van der Waals surface area contributed by atoms with Crippen molar-refractivity contribution in [1.29, 1.82) is 0 Å². The molecule has 6 nitrogen and oxygen atoms in total. The van der Waals surface area contributed by atoms with E-state index in [2.05, 4.69) is 46.5 Å². The summed E-state index contributed by atoms with van der Waals surface area (Å²) < 4.78 is 5.37. The van der Waals surface area contributed by atoms with Gasteiger partial charge in [0.15, 0.2) is 5.96 Å². The number of nitrogens with zero attached hydrogens (tertiary/aromatic N) is 2. The molecule has 1 atom stereocenters. The summed E-state index contributed by atoms with van der Waals surface area (Å²) in [5, 5.41) is 6.99. The Hall–Kier alpha value is -1.51. The monoisotopic (exact) mass is 542 g/mol. The van der Waals surface area contributed by atoms with Crippen LogP contribution in [0.15, 0.2) is 29.3 Å². The van der Waals surface area contributed by atoms with E-state index in [-0.39, 0.29) is 41.4 Å². The third kappa shape index (κ3) is 6.99. The fourth-order valence-electron chi connectivity index (χ4n) is 4.52. The number of hydrogen-bond acceptors (Lipinski definition) is 3. The molecular weight excluding hydrogens is 503 g/mol. The van der Waals surface area contributed by atoms with Crippen LogP contribution in [0.1, 0.15) is 57.9 Å². The van der Waals surface area contributed by atoms with Gasteiger partial charge in [-0.1, -0.05) is 45.2 Å². The highest BCUT2D eigenvalue weighted by atomic mass is 127. The molecule has 1 aliphatic heterocycles. The summed E-state index contributed by atoms with van der Waals surface area (Å²) in [6, 6.07) is 8.46. The van der Waals surface area contributed by atoms with Crippen molar-refractivity contribution < 1.29 is 9.53 Å². The van der Waals surface area contributed by atoms with E-state index in [1.165, 1.54) is 24.8 Å². The summed E-state index contributed by atoms with van der Waals surface area (Å²) in [6.07, 6.45) is 6.78. The second-order valence-electron chi connectivity index (χ2n) is 9.29. The summed E-state index contributed by atoms with van der Waals surface area (Å²) in [4.78, 5) is 19.3. The topological polar surface area (TPSA) is 66.0 Å². The van der Waals surface area contributed by atoms with Gasteiger partial charge in [-0.2, -0.15) is 0 Å². The molecule has 2 N–H and O–H groups in total. The number of carbonyl (C=O) groups excluding carboxylic acids is 1. The molecule has 31 heavy (non-hydrogen) atoms. The Labute approximate surface area is 204 Å². The van der Waals surface area contributed by atoms with Crippen molar-refractivity contribution in [2.75, 3.05) is 33.8 Å². The van der Waals surface area contributed by atoms with Crippen LogP contribution in [0, 0.1) is 5.92 Å². The minimum Gasteiger partial charge on any atom is -0.497 e. The molecule has 1 aromatic rings. The molecule has 1 aliphatic carbocycles. The first kappa shape index (κ1) is 25.7. The van der Waals surface area contributed by atoms with Crippen LogP contribution < -0.4 is 15.4 Å². The van der Waals surface area contributed by atoms with Crippen molar-refractivity contribution >= 4 is 35.8 Å². The summed E-state index contributed by atoms with van der Waals surface area (Å²) in [6.45, 7) is 6.79. The molecule has 2 fully saturated rings. The van der Waals surface area contributed by atoms with E-state index in [0.717, 1.165) is 50.6 Å². The van der Waals surface area contributed by atoms with E-state index in [1.807, 2.05) is 12.1 Å². The van der Waals surface area contributed by atoms with E-state index in [9.17, 15) is 4.79 Å². The number of rotatable bonds is 6. The second-order valence-corrected chi connectivity index (χ2v) is 9.29. The molecule has 0 spiro atoms. The van der Waals surface area contributed by atoms with E-state index in [1.54, 1.807) is 14.2 Å². The predicted molar refractivity (Wildman–Crippen MR) is 137 cm³/mol. The van der Waals surface area contributed by atoms with Crippen LogP contribution in [0.5, 0.6) is 5.75 Å². The predicted octanol–water partition coefficient (Wildman–Crippen LogP) is 3.94. The fraction of sp³-hybridized carbons (Fsp3) is 0.667. The average Bonchev–Trinajstić information content (AvgIpc) is 3.25. The lowest BCUT2D eigenvalue weighted by molar-refractivity contribution is -0.135. The van der Waals surface area contributed by atoms with Gasteiger partial charge in [-0.25, -0.2) is 0 Å².